The molecule has 3 rings (SSSR count). The second kappa shape index (κ2) is 17.1. The molecule has 0 bridgehead atoms. The van der Waals surface area contributed by atoms with Gasteiger partial charge in [-0.15, -0.1) is 0 Å². The van der Waals surface area contributed by atoms with Crippen molar-refractivity contribution in [1.29, 1.82) is 0 Å². The number of hydrogen-bond donors (Lipinski definition) is 3. The number of carboxylic acids is 2. The molecule has 256 valence electrons. The van der Waals surface area contributed by atoms with Crippen molar-refractivity contribution in [3.63, 3.8) is 0 Å². The summed E-state index contributed by atoms with van der Waals surface area (Å²) in [4.78, 5) is 25.6. The van der Waals surface area contributed by atoms with Gasteiger partial charge in [0.25, 0.3) is 0 Å². The third-order valence-electron chi connectivity index (χ3n) is 9.00. The number of sulfone groups is 1. The number of aliphatic hydroxyl groups excluding tert-OH is 1. The molecule has 3 N–H and O–H groups in total. The molecule has 0 aliphatic carbocycles. The molecule has 1 aliphatic heterocycles. The Morgan fingerprint density at radius 1 is 0.891 bits per heavy atom. The summed E-state index contributed by atoms with van der Waals surface area (Å²) in [6.45, 7) is 4.38. The first kappa shape index (κ1) is 37.3. The first-order chi connectivity index (χ1) is 21.8. The van der Waals surface area contributed by atoms with Crippen LogP contribution in [0.3, 0.4) is 0 Å². The maximum Gasteiger partial charge on any atom is 0.317 e. The van der Waals surface area contributed by atoms with Crippen LogP contribution in [0.25, 0.3) is 0 Å². The Kier molecular flexibility index (Phi) is 13.9. The summed E-state index contributed by atoms with van der Waals surface area (Å²) in [5.41, 5.74) is 1.56. The molecule has 1 heterocycles. The van der Waals surface area contributed by atoms with Crippen LogP contribution in [0.15, 0.2) is 47.4 Å². The lowest BCUT2D eigenvalue weighted by atomic mass is 9.68. The van der Waals surface area contributed by atoms with Gasteiger partial charge in [-0.25, -0.2) is 8.42 Å². The molecular formula is C35H52N2O8S. The zero-order valence-electron chi connectivity index (χ0n) is 27.8. The minimum Gasteiger partial charge on any atom is -0.494 e. The molecule has 0 radical (unpaired) electrons. The lowest BCUT2D eigenvalue weighted by molar-refractivity contribution is -0.141. The Hall–Kier alpha value is -3.15. The number of aliphatic hydroxyl groups is 1. The van der Waals surface area contributed by atoms with Crippen LogP contribution in [0.2, 0.25) is 0 Å². The van der Waals surface area contributed by atoms with Crippen molar-refractivity contribution in [3.8, 4) is 5.75 Å². The summed E-state index contributed by atoms with van der Waals surface area (Å²) in [5, 5.41) is 30.3. The highest BCUT2D eigenvalue weighted by molar-refractivity contribution is 7.91. The molecule has 0 saturated carbocycles. The molecule has 1 aliphatic rings. The van der Waals surface area contributed by atoms with Crippen LogP contribution < -0.4 is 9.64 Å². The van der Waals surface area contributed by atoms with Gasteiger partial charge in [0.2, 0.25) is 0 Å². The molecule has 10 nitrogen and oxygen atoms in total. The zero-order chi connectivity index (χ0) is 33.9. The Bertz CT molecular complexity index is 1370. The van der Waals surface area contributed by atoms with Crippen molar-refractivity contribution in [2.45, 2.75) is 88.6 Å². The normalized spacial score (nSPS) is 18.5. The molecule has 11 heteroatoms. The number of unbranched alkanes of at least 4 members (excludes halogenated alkanes) is 4. The summed E-state index contributed by atoms with van der Waals surface area (Å²) < 4.78 is 34.0. The van der Waals surface area contributed by atoms with Gasteiger partial charge in [-0.2, -0.15) is 0 Å². The van der Waals surface area contributed by atoms with E-state index >= 15 is 0 Å². The van der Waals surface area contributed by atoms with Gasteiger partial charge < -0.3 is 25.0 Å². The average molecular weight is 661 g/mol. The van der Waals surface area contributed by atoms with Crippen molar-refractivity contribution in [2.24, 2.45) is 5.41 Å². The molecule has 0 spiro atoms. The van der Waals surface area contributed by atoms with Gasteiger partial charge in [-0.05, 0) is 80.1 Å². The van der Waals surface area contributed by atoms with Crippen LogP contribution in [-0.2, 0) is 19.4 Å². The highest BCUT2D eigenvalue weighted by Gasteiger charge is 2.49. The smallest absolute Gasteiger partial charge is 0.317 e. The van der Waals surface area contributed by atoms with Crippen molar-refractivity contribution in [1.82, 2.24) is 4.90 Å². The largest absolute Gasteiger partial charge is 0.494 e. The van der Waals surface area contributed by atoms with Crippen LogP contribution in [0.4, 0.5) is 5.69 Å². The molecule has 2 aromatic carbocycles. The van der Waals surface area contributed by atoms with Gasteiger partial charge in [-0.1, -0.05) is 51.7 Å². The maximum absolute atomic E-state index is 14.0. The van der Waals surface area contributed by atoms with E-state index in [9.17, 15) is 23.1 Å². The fraction of sp³-hybridized carbons (Fsp3) is 0.600. The van der Waals surface area contributed by atoms with Crippen LogP contribution in [-0.4, -0.2) is 92.8 Å². The number of carbonyl (C=O) groups is 2. The van der Waals surface area contributed by atoms with E-state index in [0.29, 0.717) is 55.0 Å². The highest BCUT2D eigenvalue weighted by atomic mass is 32.2. The lowest BCUT2D eigenvalue weighted by Crippen LogP contribution is -2.43. The molecule has 0 amide bonds. The number of nitrogens with zero attached hydrogens (tertiary/aromatic N) is 2. The minimum absolute atomic E-state index is 0.0719. The van der Waals surface area contributed by atoms with Gasteiger partial charge in [0.15, 0.2) is 9.84 Å². The van der Waals surface area contributed by atoms with Crippen LogP contribution in [0.5, 0.6) is 5.75 Å². The number of fused-ring (bicyclic) bond motifs is 1. The van der Waals surface area contributed by atoms with E-state index in [1.165, 1.54) is 4.90 Å². The maximum atomic E-state index is 14.0. The van der Waals surface area contributed by atoms with Crippen molar-refractivity contribution in [2.75, 3.05) is 51.0 Å². The third-order valence-corrected chi connectivity index (χ3v) is 11.0. The van der Waals surface area contributed by atoms with E-state index in [1.807, 2.05) is 55.4 Å². The van der Waals surface area contributed by atoms with Crippen LogP contribution in [0.1, 0.15) is 88.7 Å². The molecule has 2 aromatic rings. The Balaban J connectivity index is 1.83. The third kappa shape index (κ3) is 9.92. The number of benzene rings is 2. The number of anilines is 1. The van der Waals surface area contributed by atoms with E-state index in [0.717, 1.165) is 43.4 Å². The van der Waals surface area contributed by atoms with Gasteiger partial charge in [0.05, 0.1) is 36.4 Å². The Morgan fingerprint density at radius 3 is 2.04 bits per heavy atom. The topological polar surface area (TPSA) is 145 Å². The second-order valence-corrected chi connectivity index (χ2v) is 14.8. The predicted molar refractivity (Wildman–Crippen MR) is 180 cm³/mol. The standard InChI is InChI=1S/C35H52N2O8S/c1-5-7-18-35(19-8-6-2)25-46(43,44)30-17-14-27(36(3)4)22-29(30)33(34(35)42)26-12-15-28(16-13-26)45-21-11-9-10-20-37(23-31(38)39)24-32(40)41/h12-17,22,33-34,42H,5-11,18-21,23-25H2,1-4H3,(H,38,39)(H,40,41)/t33-,34?/m1/s1. The van der Waals surface area contributed by atoms with Gasteiger partial charge in [0.1, 0.15) is 5.75 Å². The van der Waals surface area contributed by atoms with Crippen molar-refractivity contribution < 1.29 is 38.1 Å². The zero-order valence-corrected chi connectivity index (χ0v) is 28.6. The number of hydrogen-bond acceptors (Lipinski definition) is 8. The summed E-state index contributed by atoms with van der Waals surface area (Å²) in [7, 11) is 0.159. The van der Waals surface area contributed by atoms with Gasteiger partial charge in [-0.3, -0.25) is 14.5 Å². The molecular weight excluding hydrogens is 608 g/mol. The molecule has 0 saturated heterocycles. The molecule has 46 heavy (non-hydrogen) atoms. The van der Waals surface area contributed by atoms with Crippen LogP contribution >= 0.6 is 0 Å². The second-order valence-electron chi connectivity index (χ2n) is 12.8. The number of rotatable bonds is 19. The number of aliphatic carboxylic acids is 2. The van der Waals surface area contributed by atoms with Crippen molar-refractivity contribution in [3.05, 3.63) is 53.6 Å². The number of ether oxygens (including phenoxy) is 1. The average Bonchev–Trinajstić information content (AvgIpc) is 3.06. The van der Waals surface area contributed by atoms with Gasteiger partial charge >= 0.3 is 11.9 Å². The SMILES string of the molecule is CCCCC1(CCCC)CS(=O)(=O)c2ccc(N(C)C)cc2[C@@H](c2ccc(OCCCCCN(CC(=O)O)CC(=O)O)cc2)C1O. The van der Waals surface area contributed by atoms with Crippen molar-refractivity contribution >= 4 is 27.5 Å². The monoisotopic (exact) mass is 660 g/mol. The minimum atomic E-state index is -3.67. The molecule has 0 aromatic heterocycles. The highest BCUT2D eigenvalue weighted by Crippen LogP contribution is 2.50. The summed E-state index contributed by atoms with van der Waals surface area (Å²) in [6, 6.07) is 13.0. The quantitative estimate of drug-likeness (QED) is 0.167. The summed E-state index contributed by atoms with van der Waals surface area (Å²) >= 11 is 0. The van der Waals surface area contributed by atoms with E-state index in [-0.39, 0.29) is 18.8 Å². The Labute approximate surface area is 274 Å². The fourth-order valence-electron chi connectivity index (χ4n) is 6.56. The first-order valence-corrected chi connectivity index (χ1v) is 18.1. The van der Waals surface area contributed by atoms with E-state index in [4.69, 9.17) is 14.9 Å². The summed E-state index contributed by atoms with van der Waals surface area (Å²) in [5.74, 6) is -2.06. The lowest BCUT2D eigenvalue weighted by Gasteiger charge is -2.40. The van der Waals surface area contributed by atoms with E-state index < -0.39 is 39.2 Å². The first-order valence-electron chi connectivity index (χ1n) is 16.4. The molecule has 0 fully saturated rings. The van der Waals surface area contributed by atoms with Crippen LogP contribution in [0, 0.1) is 5.41 Å². The fourth-order valence-corrected chi connectivity index (χ4v) is 8.75. The Morgan fingerprint density at radius 2 is 1.50 bits per heavy atom. The summed E-state index contributed by atoms with van der Waals surface area (Å²) in [6.07, 6.45) is 6.01. The van der Waals surface area contributed by atoms with E-state index in [2.05, 4.69) is 13.8 Å². The van der Waals surface area contributed by atoms with Gasteiger partial charge in [0, 0.05) is 31.1 Å². The molecule has 2 atom stereocenters. The van der Waals surface area contributed by atoms with E-state index in [1.54, 1.807) is 6.07 Å². The number of carboxylic acid groups (broad SMARTS) is 2. The predicted octanol–water partition coefficient (Wildman–Crippen LogP) is 5.42. The molecule has 1 unspecified atom stereocenters.